The van der Waals surface area contributed by atoms with Crippen LogP contribution in [0.5, 0.6) is 5.75 Å². The molecule has 4 nitrogen and oxygen atoms in total. The molecule has 0 unspecified atom stereocenters. The van der Waals surface area contributed by atoms with Crippen LogP contribution in [0.4, 0.5) is 13.2 Å². The molecule has 1 N–H and O–H groups in total. The molecule has 0 saturated carbocycles. The van der Waals surface area contributed by atoms with Gasteiger partial charge in [0.05, 0.1) is 20.6 Å². The van der Waals surface area contributed by atoms with E-state index >= 15 is 0 Å². The van der Waals surface area contributed by atoms with Crippen LogP contribution in [0.1, 0.15) is 16.1 Å². The molecule has 1 amide bonds. The lowest BCUT2D eigenvalue weighted by atomic mass is 10.2. The quantitative estimate of drug-likeness (QED) is 0.773. The number of halogens is 6. The fraction of sp³-hybridized carbons (Fsp3) is 0.0769. The zero-order valence-corrected chi connectivity index (χ0v) is 13.2. The summed E-state index contributed by atoms with van der Waals surface area (Å²) < 4.78 is 37.5. The lowest BCUT2D eigenvalue weighted by molar-refractivity contribution is -0.137. The minimum absolute atomic E-state index is 0.0211. The molecule has 0 aliphatic carbocycles. The van der Waals surface area contributed by atoms with Crippen molar-refractivity contribution in [2.45, 2.75) is 6.18 Å². The Morgan fingerprint density at radius 3 is 2.26 bits per heavy atom. The number of nitrogens with zero attached hydrogens (tertiary/aromatic N) is 1. The molecule has 0 spiro atoms. The van der Waals surface area contributed by atoms with Gasteiger partial charge in [0.25, 0.3) is 0 Å². The van der Waals surface area contributed by atoms with Crippen molar-refractivity contribution in [2.24, 2.45) is 0 Å². The van der Waals surface area contributed by atoms with Crippen molar-refractivity contribution in [3.63, 3.8) is 0 Å². The maximum Gasteiger partial charge on any atom is 0.417 e. The monoisotopic (exact) mass is 384 g/mol. The number of hydrogen-bond acceptors (Lipinski definition) is 3. The smallest absolute Gasteiger partial charge is 0.376 e. The van der Waals surface area contributed by atoms with Gasteiger partial charge in [-0.1, -0.05) is 40.9 Å². The molecule has 122 valence electrons. The number of carbonyl (C=O) groups excluding carboxylic acids is 1. The van der Waals surface area contributed by atoms with E-state index in [0.717, 1.165) is 0 Å². The largest absolute Gasteiger partial charge is 0.417 e. The Bertz CT molecular complexity index is 733. The second-order valence-corrected chi connectivity index (χ2v) is 5.36. The average molecular weight is 386 g/mol. The molecule has 1 aromatic carbocycles. The molecule has 0 atom stereocenters. The van der Waals surface area contributed by atoms with Gasteiger partial charge in [-0.15, -0.1) is 0 Å². The highest BCUT2D eigenvalue weighted by atomic mass is 35.5. The van der Waals surface area contributed by atoms with Crippen LogP contribution in [0, 0.1) is 0 Å². The lowest BCUT2D eigenvalue weighted by Crippen LogP contribution is -2.28. The first kappa shape index (κ1) is 17.7. The summed E-state index contributed by atoms with van der Waals surface area (Å²) in [5.74, 6) is -0.980. The molecule has 10 heteroatoms. The van der Waals surface area contributed by atoms with Gasteiger partial charge in [-0.25, -0.2) is 4.98 Å². The zero-order valence-electron chi connectivity index (χ0n) is 10.9. The van der Waals surface area contributed by atoms with E-state index in [1.807, 2.05) is 5.48 Å². The Morgan fingerprint density at radius 1 is 1.13 bits per heavy atom. The summed E-state index contributed by atoms with van der Waals surface area (Å²) in [6.07, 6.45) is -4.13. The highest BCUT2D eigenvalue weighted by Crippen LogP contribution is 2.32. The predicted octanol–water partition coefficient (Wildman–Crippen LogP) is 4.78. The van der Waals surface area contributed by atoms with Crippen molar-refractivity contribution < 1.29 is 22.8 Å². The minimum Gasteiger partial charge on any atom is -0.376 e. The number of pyridine rings is 1. The van der Waals surface area contributed by atoms with Gasteiger partial charge in [0.15, 0.2) is 5.75 Å². The van der Waals surface area contributed by atoms with Gasteiger partial charge in [0.2, 0.25) is 0 Å². The van der Waals surface area contributed by atoms with Gasteiger partial charge in [0.1, 0.15) is 5.69 Å². The first-order valence-electron chi connectivity index (χ1n) is 5.84. The number of carbonyl (C=O) groups is 1. The SMILES string of the molecule is O=C(NOc1c(Cl)cccc1Cl)c1ncc(C(F)(F)F)cc1Cl. The summed E-state index contributed by atoms with van der Waals surface area (Å²) in [5.41, 5.74) is 0.443. The molecule has 0 radical (unpaired) electrons. The number of benzene rings is 1. The zero-order chi connectivity index (χ0) is 17.2. The van der Waals surface area contributed by atoms with E-state index in [9.17, 15) is 18.0 Å². The second kappa shape index (κ2) is 6.82. The topological polar surface area (TPSA) is 51.2 Å². The van der Waals surface area contributed by atoms with Crippen LogP contribution in [0.2, 0.25) is 15.1 Å². The first-order chi connectivity index (χ1) is 10.7. The Hall–Kier alpha value is -1.70. The van der Waals surface area contributed by atoms with Crippen LogP contribution in [0.25, 0.3) is 0 Å². The standard InChI is InChI=1S/C13H6Cl3F3N2O2/c14-7-2-1-3-8(15)11(7)23-21-12(22)10-9(16)4-6(5-20-10)13(17,18)19/h1-5H,(H,21,22). The number of hydrogen-bond donors (Lipinski definition) is 1. The van der Waals surface area contributed by atoms with Gasteiger partial charge < -0.3 is 4.84 Å². The molecule has 2 rings (SSSR count). The summed E-state index contributed by atoms with van der Waals surface area (Å²) in [6.45, 7) is 0. The number of amides is 1. The summed E-state index contributed by atoms with van der Waals surface area (Å²) in [6, 6.07) is 5.09. The molecule has 23 heavy (non-hydrogen) atoms. The van der Waals surface area contributed by atoms with E-state index in [4.69, 9.17) is 39.6 Å². The Labute approximate surface area is 143 Å². The van der Waals surface area contributed by atoms with Crippen molar-refractivity contribution in [1.29, 1.82) is 0 Å². The summed E-state index contributed by atoms with van der Waals surface area (Å²) >= 11 is 17.3. The van der Waals surface area contributed by atoms with Crippen LogP contribution < -0.4 is 10.3 Å². The third kappa shape index (κ3) is 4.19. The summed E-state index contributed by atoms with van der Waals surface area (Å²) in [7, 11) is 0. The number of para-hydroxylation sites is 1. The number of nitrogens with one attached hydrogen (secondary N) is 1. The Balaban J connectivity index is 2.16. The highest BCUT2D eigenvalue weighted by Gasteiger charge is 2.32. The van der Waals surface area contributed by atoms with Crippen LogP contribution in [0.3, 0.4) is 0 Å². The molecule has 2 aromatic rings. The van der Waals surface area contributed by atoms with Crippen molar-refractivity contribution >= 4 is 40.7 Å². The van der Waals surface area contributed by atoms with E-state index in [1.54, 1.807) is 6.07 Å². The van der Waals surface area contributed by atoms with E-state index in [-0.39, 0.29) is 15.8 Å². The van der Waals surface area contributed by atoms with Crippen molar-refractivity contribution in [2.75, 3.05) is 0 Å². The first-order valence-corrected chi connectivity index (χ1v) is 6.97. The van der Waals surface area contributed by atoms with Crippen LogP contribution in [-0.4, -0.2) is 10.9 Å². The van der Waals surface area contributed by atoms with E-state index in [2.05, 4.69) is 4.98 Å². The number of rotatable bonds is 3. The van der Waals surface area contributed by atoms with Crippen molar-refractivity contribution in [1.82, 2.24) is 10.5 Å². The Kier molecular flexibility index (Phi) is 5.23. The van der Waals surface area contributed by atoms with E-state index < -0.39 is 28.4 Å². The number of aromatic nitrogens is 1. The van der Waals surface area contributed by atoms with Gasteiger partial charge in [-0.2, -0.15) is 18.7 Å². The normalized spacial score (nSPS) is 11.2. The van der Waals surface area contributed by atoms with E-state index in [0.29, 0.717) is 12.3 Å². The molecule has 0 fully saturated rings. The van der Waals surface area contributed by atoms with Gasteiger partial charge in [0, 0.05) is 6.20 Å². The number of alkyl halides is 3. The summed E-state index contributed by atoms with van der Waals surface area (Å²) in [5, 5.41) is -0.222. The van der Waals surface area contributed by atoms with Gasteiger partial charge in [-0.3, -0.25) is 4.79 Å². The molecular formula is C13H6Cl3F3N2O2. The fourth-order valence-corrected chi connectivity index (χ4v) is 2.21. The Morgan fingerprint density at radius 2 is 1.74 bits per heavy atom. The predicted molar refractivity (Wildman–Crippen MR) is 78.8 cm³/mol. The maximum atomic E-state index is 12.5. The number of hydroxylamine groups is 1. The molecule has 0 aliphatic rings. The lowest BCUT2D eigenvalue weighted by Gasteiger charge is -2.11. The van der Waals surface area contributed by atoms with Gasteiger partial charge >= 0.3 is 12.1 Å². The third-order valence-corrected chi connectivity index (χ3v) is 3.43. The fourth-order valence-electron chi connectivity index (χ4n) is 1.49. The highest BCUT2D eigenvalue weighted by molar-refractivity contribution is 6.37. The van der Waals surface area contributed by atoms with Gasteiger partial charge in [-0.05, 0) is 18.2 Å². The van der Waals surface area contributed by atoms with Crippen molar-refractivity contribution in [3.8, 4) is 5.75 Å². The molecule has 0 saturated heterocycles. The van der Waals surface area contributed by atoms with Crippen LogP contribution in [0.15, 0.2) is 30.5 Å². The average Bonchev–Trinajstić information content (AvgIpc) is 2.45. The summed E-state index contributed by atoms with van der Waals surface area (Å²) in [4.78, 5) is 20.2. The van der Waals surface area contributed by atoms with Crippen molar-refractivity contribution in [3.05, 3.63) is 56.8 Å². The molecular weight excluding hydrogens is 380 g/mol. The third-order valence-electron chi connectivity index (χ3n) is 2.55. The maximum absolute atomic E-state index is 12.5. The molecule has 1 aromatic heterocycles. The van der Waals surface area contributed by atoms with E-state index in [1.165, 1.54) is 12.1 Å². The van der Waals surface area contributed by atoms with Crippen LogP contribution >= 0.6 is 34.8 Å². The molecule has 0 bridgehead atoms. The van der Waals surface area contributed by atoms with Crippen LogP contribution in [-0.2, 0) is 6.18 Å². The second-order valence-electron chi connectivity index (χ2n) is 4.14. The molecule has 0 aliphatic heterocycles. The minimum atomic E-state index is -4.62. The molecule has 1 heterocycles.